The summed E-state index contributed by atoms with van der Waals surface area (Å²) in [5, 5.41) is 0. The molecule has 1 unspecified atom stereocenters. The van der Waals surface area contributed by atoms with Gasteiger partial charge in [-0.2, -0.15) is 0 Å². The van der Waals surface area contributed by atoms with E-state index in [1.54, 1.807) is 0 Å². The van der Waals surface area contributed by atoms with E-state index in [9.17, 15) is 0 Å². The molecule has 0 N–H and O–H groups in total. The SMILES string of the molecule is C[C](C)CN1CCCCC(N=Cc2ccccc2)C1. The van der Waals surface area contributed by atoms with Crippen molar-refractivity contribution in [3.8, 4) is 0 Å². The van der Waals surface area contributed by atoms with Crippen molar-refractivity contribution in [1.29, 1.82) is 0 Å². The van der Waals surface area contributed by atoms with Crippen LogP contribution in [-0.4, -0.2) is 36.8 Å². The van der Waals surface area contributed by atoms with Gasteiger partial charge in [0.05, 0.1) is 6.04 Å². The van der Waals surface area contributed by atoms with E-state index < -0.39 is 0 Å². The molecule has 0 saturated carbocycles. The maximum atomic E-state index is 4.80. The molecule has 2 rings (SSSR count). The molecule has 19 heavy (non-hydrogen) atoms. The predicted molar refractivity (Wildman–Crippen MR) is 82.7 cm³/mol. The first-order valence-electron chi connectivity index (χ1n) is 7.33. The van der Waals surface area contributed by atoms with Gasteiger partial charge in [0.15, 0.2) is 0 Å². The summed E-state index contributed by atoms with van der Waals surface area (Å²) in [7, 11) is 0. The van der Waals surface area contributed by atoms with Gasteiger partial charge in [-0.15, -0.1) is 0 Å². The molecule has 1 radical (unpaired) electrons. The summed E-state index contributed by atoms with van der Waals surface area (Å²) in [4.78, 5) is 7.35. The minimum atomic E-state index is 0.460. The Morgan fingerprint density at radius 1 is 1.26 bits per heavy atom. The quantitative estimate of drug-likeness (QED) is 0.753. The fraction of sp³-hybridized carbons (Fsp3) is 0.529. The van der Waals surface area contributed by atoms with Crippen LogP contribution in [-0.2, 0) is 0 Å². The van der Waals surface area contributed by atoms with Gasteiger partial charge in [0, 0.05) is 19.3 Å². The van der Waals surface area contributed by atoms with Crippen LogP contribution in [0.4, 0.5) is 0 Å². The van der Waals surface area contributed by atoms with Crippen LogP contribution in [0.25, 0.3) is 0 Å². The van der Waals surface area contributed by atoms with Crippen molar-refractivity contribution in [2.75, 3.05) is 19.6 Å². The number of rotatable bonds is 4. The van der Waals surface area contributed by atoms with Crippen molar-refractivity contribution in [2.24, 2.45) is 4.99 Å². The van der Waals surface area contributed by atoms with Crippen LogP contribution in [0.3, 0.4) is 0 Å². The smallest absolute Gasteiger partial charge is 0.0626 e. The van der Waals surface area contributed by atoms with Crippen molar-refractivity contribution in [2.45, 2.75) is 39.2 Å². The number of hydrogen-bond donors (Lipinski definition) is 0. The Kier molecular flexibility index (Phi) is 5.59. The number of nitrogens with zero attached hydrogens (tertiary/aromatic N) is 2. The van der Waals surface area contributed by atoms with Gasteiger partial charge in [-0.3, -0.25) is 4.99 Å². The normalized spacial score (nSPS) is 21.9. The van der Waals surface area contributed by atoms with Gasteiger partial charge in [-0.05, 0) is 30.9 Å². The fourth-order valence-corrected chi connectivity index (χ4v) is 2.64. The third-order valence-corrected chi connectivity index (χ3v) is 3.50. The second-order valence-corrected chi connectivity index (χ2v) is 5.78. The maximum absolute atomic E-state index is 4.80. The first-order valence-corrected chi connectivity index (χ1v) is 7.33. The van der Waals surface area contributed by atoms with Gasteiger partial charge < -0.3 is 4.90 Å². The Labute approximate surface area is 117 Å². The minimum absolute atomic E-state index is 0.460. The van der Waals surface area contributed by atoms with Crippen LogP contribution < -0.4 is 0 Å². The molecule has 1 heterocycles. The van der Waals surface area contributed by atoms with Gasteiger partial charge in [-0.1, -0.05) is 50.6 Å². The van der Waals surface area contributed by atoms with Crippen LogP contribution in [0.5, 0.6) is 0 Å². The number of likely N-dealkylation sites (tertiary alicyclic amines) is 1. The predicted octanol–water partition coefficient (Wildman–Crippen LogP) is 3.57. The molecule has 0 bridgehead atoms. The van der Waals surface area contributed by atoms with Crippen LogP contribution in [0.15, 0.2) is 35.3 Å². The average molecular weight is 257 g/mol. The highest BCUT2D eigenvalue weighted by Gasteiger charge is 2.17. The monoisotopic (exact) mass is 257 g/mol. The van der Waals surface area contributed by atoms with Gasteiger partial charge in [0.2, 0.25) is 0 Å². The standard InChI is InChI=1S/C17H25N2/c1-15(2)13-19-11-7-6-10-17(14-19)18-12-16-8-4-3-5-9-16/h3-5,8-9,12,17H,6-7,10-11,13-14H2,1-2H3. The molecule has 0 amide bonds. The van der Waals surface area contributed by atoms with E-state index in [0.717, 1.165) is 13.1 Å². The van der Waals surface area contributed by atoms with E-state index in [4.69, 9.17) is 4.99 Å². The number of hydrogen-bond acceptors (Lipinski definition) is 2. The molecule has 103 valence electrons. The summed E-state index contributed by atoms with van der Waals surface area (Å²) in [6, 6.07) is 10.9. The summed E-state index contributed by atoms with van der Waals surface area (Å²) in [6.45, 7) is 7.88. The zero-order valence-corrected chi connectivity index (χ0v) is 12.2. The molecule has 2 nitrogen and oxygen atoms in total. The summed E-state index contributed by atoms with van der Waals surface area (Å²) in [5.74, 6) is 1.49. The minimum Gasteiger partial charge on any atom is -0.301 e. The van der Waals surface area contributed by atoms with Gasteiger partial charge in [-0.25, -0.2) is 0 Å². The molecular formula is C17H25N2. The highest BCUT2D eigenvalue weighted by atomic mass is 15.1. The molecule has 2 heteroatoms. The third kappa shape index (κ3) is 5.15. The lowest BCUT2D eigenvalue weighted by molar-refractivity contribution is 0.284. The maximum Gasteiger partial charge on any atom is 0.0626 e. The van der Waals surface area contributed by atoms with E-state index in [1.165, 1.54) is 37.3 Å². The zero-order chi connectivity index (χ0) is 13.5. The molecule has 1 aromatic rings. The van der Waals surface area contributed by atoms with Crippen molar-refractivity contribution in [3.05, 3.63) is 41.8 Å². The highest BCUT2D eigenvalue weighted by molar-refractivity contribution is 5.79. The second kappa shape index (κ2) is 7.44. The van der Waals surface area contributed by atoms with Crippen molar-refractivity contribution in [3.63, 3.8) is 0 Å². The topological polar surface area (TPSA) is 15.6 Å². The number of aliphatic imine (C=N–C) groups is 1. The molecule has 1 fully saturated rings. The van der Waals surface area contributed by atoms with Crippen molar-refractivity contribution >= 4 is 6.21 Å². The Morgan fingerprint density at radius 2 is 2.05 bits per heavy atom. The zero-order valence-electron chi connectivity index (χ0n) is 12.2. The van der Waals surface area contributed by atoms with Crippen LogP contribution in [0, 0.1) is 5.92 Å². The Hall–Kier alpha value is -1.15. The van der Waals surface area contributed by atoms with Gasteiger partial charge >= 0.3 is 0 Å². The van der Waals surface area contributed by atoms with Crippen LogP contribution >= 0.6 is 0 Å². The summed E-state index contributed by atoms with van der Waals surface area (Å²) in [5.41, 5.74) is 1.21. The molecule has 1 aliphatic rings. The summed E-state index contributed by atoms with van der Waals surface area (Å²) in [6.07, 6.45) is 5.87. The van der Waals surface area contributed by atoms with Crippen molar-refractivity contribution in [1.82, 2.24) is 4.90 Å². The van der Waals surface area contributed by atoms with E-state index in [0.29, 0.717) is 6.04 Å². The number of benzene rings is 1. The van der Waals surface area contributed by atoms with Crippen molar-refractivity contribution < 1.29 is 0 Å². The molecule has 1 aromatic carbocycles. The fourth-order valence-electron chi connectivity index (χ4n) is 2.64. The molecular weight excluding hydrogens is 232 g/mol. The molecule has 1 atom stereocenters. The molecule has 0 aliphatic carbocycles. The molecule has 1 saturated heterocycles. The lowest BCUT2D eigenvalue weighted by atomic mass is 10.1. The van der Waals surface area contributed by atoms with Gasteiger partial charge in [0.25, 0.3) is 0 Å². The third-order valence-electron chi connectivity index (χ3n) is 3.50. The van der Waals surface area contributed by atoms with Crippen LogP contribution in [0.2, 0.25) is 0 Å². The Morgan fingerprint density at radius 3 is 2.79 bits per heavy atom. The van der Waals surface area contributed by atoms with Crippen LogP contribution in [0.1, 0.15) is 38.7 Å². The van der Waals surface area contributed by atoms with E-state index in [1.807, 2.05) is 12.3 Å². The van der Waals surface area contributed by atoms with E-state index in [2.05, 4.69) is 43.0 Å². The summed E-state index contributed by atoms with van der Waals surface area (Å²) >= 11 is 0. The largest absolute Gasteiger partial charge is 0.301 e. The molecule has 0 aromatic heterocycles. The lowest BCUT2D eigenvalue weighted by Gasteiger charge is -2.23. The van der Waals surface area contributed by atoms with E-state index in [-0.39, 0.29) is 0 Å². The Balaban J connectivity index is 1.93. The molecule has 1 aliphatic heterocycles. The Bertz CT molecular complexity index is 384. The average Bonchev–Trinajstić information content (AvgIpc) is 2.62. The first-order chi connectivity index (χ1) is 9.24. The van der Waals surface area contributed by atoms with E-state index >= 15 is 0 Å². The molecule has 0 spiro atoms. The second-order valence-electron chi connectivity index (χ2n) is 5.78. The van der Waals surface area contributed by atoms with Gasteiger partial charge in [0.1, 0.15) is 0 Å². The summed E-state index contributed by atoms with van der Waals surface area (Å²) < 4.78 is 0. The lowest BCUT2D eigenvalue weighted by Crippen LogP contribution is -2.32. The first kappa shape index (κ1) is 14.3. The highest BCUT2D eigenvalue weighted by Crippen LogP contribution is 2.15.